The highest BCUT2D eigenvalue weighted by Gasteiger charge is 2.45. The Morgan fingerprint density at radius 3 is 2.43 bits per heavy atom. The van der Waals surface area contributed by atoms with E-state index in [0.717, 1.165) is 12.8 Å². The molecule has 1 aliphatic rings. The Hall–Kier alpha value is -0.620. The number of hydrogen-bond donors (Lipinski definition) is 1. The van der Waals surface area contributed by atoms with Crippen molar-refractivity contribution in [3.05, 3.63) is 0 Å². The maximum Gasteiger partial charge on any atom is 0.302 e. The van der Waals surface area contributed by atoms with Crippen LogP contribution in [0.15, 0.2) is 0 Å². The first kappa shape index (κ1) is 11.5. The van der Waals surface area contributed by atoms with Gasteiger partial charge >= 0.3 is 5.97 Å². The van der Waals surface area contributed by atoms with Gasteiger partial charge in [-0.1, -0.05) is 0 Å². The second kappa shape index (κ2) is 3.86. The number of ether oxygens (including phenoxy) is 1. The van der Waals surface area contributed by atoms with Crippen LogP contribution in [0.3, 0.4) is 0 Å². The van der Waals surface area contributed by atoms with Crippen LogP contribution in [0.5, 0.6) is 0 Å². The molecule has 0 aromatic rings. The molecule has 0 spiro atoms. The summed E-state index contributed by atoms with van der Waals surface area (Å²) in [6.07, 6.45) is 2.05. The number of esters is 1. The Balaban J connectivity index is 2.33. The fraction of sp³-hybridized carbons (Fsp3) is 0.875. The second-order valence-corrected chi connectivity index (χ2v) is 5.27. The molecule has 0 saturated heterocycles. The van der Waals surface area contributed by atoms with Gasteiger partial charge in [-0.25, -0.2) is 0 Å². The molecular weight excluding hydrogens is 208 g/mol. The molecule has 1 saturated carbocycles. The second-order valence-electron chi connectivity index (χ2n) is 3.82. The number of carbonyl (C=O) groups is 1. The van der Waals surface area contributed by atoms with Crippen molar-refractivity contribution in [1.29, 1.82) is 0 Å². The fourth-order valence-electron chi connectivity index (χ4n) is 1.44. The predicted molar refractivity (Wildman–Crippen MR) is 49.3 cm³/mol. The Bertz CT molecular complexity index is 315. The van der Waals surface area contributed by atoms with Crippen molar-refractivity contribution in [3.63, 3.8) is 0 Å². The Morgan fingerprint density at radius 2 is 2.07 bits per heavy atom. The molecule has 0 aromatic heterocycles. The van der Waals surface area contributed by atoms with E-state index in [1.165, 1.54) is 6.92 Å². The van der Waals surface area contributed by atoms with Gasteiger partial charge in [-0.05, 0) is 24.7 Å². The molecule has 0 heterocycles. The van der Waals surface area contributed by atoms with E-state index in [0.29, 0.717) is 6.42 Å². The number of hydrogen-bond acceptors (Lipinski definition) is 4. The molecule has 82 valence electrons. The monoisotopic (exact) mass is 222 g/mol. The van der Waals surface area contributed by atoms with Crippen LogP contribution in [0.4, 0.5) is 0 Å². The first-order valence-corrected chi connectivity index (χ1v) is 6.02. The van der Waals surface area contributed by atoms with Crippen LogP contribution in [-0.2, 0) is 19.6 Å². The standard InChI is InChI=1S/C8H14O5S/c1-7(9)13-5-4-8(2-3-8)6-14(10,11)12/h2-6H2,1H3,(H,10,11,12). The van der Waals surface area contributed by atoms with Gasteiger partial charge in [0.25, 0.3) is 10.1 Å². The topological polar surface area (TPSA) is 80.7 Å². The highest BCUT2D eigenvalue weighted by atomic mass is 32.2. The molecule has 6 heteroatoms. The summed E-state index contributed by atoms with van der Waals surface area (Å²) in [5.74, 6) is -0.589. The first-order valence-electron chi connectivity index (χ1n) is 4.42. The zero-order chi connectivity index (χ0) is 10.8. The third-order valence-electron chi connectivity index (χ3n) is 2.38. The normalized spacial score (nSPS) is 19.0. The number of rotatable bonds is 5. The summed E-state index contributed by atoms with van der Waals surface area (Å²) < 4.78 is 34.6. The summed E-state index contributed by atoms with van der Waals surface area (Å²) in [7, 11) is -3.91. The minimum Gasteiger partial charge on any atom is -0.466 e. The third-order valence-corrected chi connectivity index (χ3v) is 3.36. The first-order chi connectivity index (χ1) is 6.33. The molecule has 0 bridgehead atoms. The van der Waals surface area contributed by atoms with Crippen molar-refractivity contribution >= 4 is 16.1 Å². The maximum absolute atomic E-state index is 10.6. The van der Waals surface area contributed by atoms with Crippen LogP contribution in [0.1, 0.15) is 26.2 Å². The van der Waals surface area contributed by atoms with Crippen LogP contribution in [0, 0.1) is 5.41 Å². The minimum absolute atomic E-state index is 0.221. The van der Waals surface area contributed by atoms with Crippen LogP contribution >= 0.6 is 0 Å². The average Bonchev–Trinajstić information content (AvgIpc) is 2.64. The van der Waals surface area contributed by atoms with Gasteiger partial charge in [-0.2, -0.15) is 8.42 Å². The largest absolute Gasteiger partial charge is 0.466 e. The Morgan fingerprint density at radius 1 is 1.50 bits per heavy atom. The van der Waals surface area contributed by atoms with Crippen molar-refractivity contribution in [2.24, 2.45) is 5.41 Å². The molecule has 1 aliphatic carbocycles. The molecule has 0 unspecified atom stereocenters. The Kier molecular flexibility index (Phi) is 3.16. The lowest BCUT2D eigenvalue weighted by molar-refractivity contribution is -0.141. The van der Waals surface area contributed by atoms with Gasteiger partial charge in [0.1, 0.15) is 0 Å². The minimum atomic E-state index is -3.91. The van der Waals surface area contributed by atoms with Gasteiger partial charge in [0.05, 0.1) is 12.4 Å². The van der Waals surface area contributed by atoms with Crippen molar-refractivity contribution in [3.8, 4) is 0 Å². The lowest BCUT2D eigenvalue weighted by Crippen LogP contribution is -2.18. The summed E-state index contributed by atoms with van der Waals surface area (Å²) in [6, 6.07) is 0. The Labute approximate surface area is 83.2 Å². The van der Waals surface area contributed by atoms with E-state index < -0.39 is 10.1 Å². The van der Waals surface area contributed by atoms with E-state index in [-0.39, 0.29) is 23.7 Å². The van der Waals surface area contributed by atoms with Gasteiger partial charge < -0.3 is 4.74 Å². The molecule has 14 heavy (non-hydrogen) atoms. The summed E-state index contributed by atoms with van der Waals surface area (Å²) in [5, 5.41) is 0. The predicted octanol–water partition coefficient (Wildman–Crippen LogP) is 0.608. The van der Waals surface area contributed by atoms with E-state index >= 15 is 0 Å². The van der Waals surface area contributed by atoms with Crippen LogP contribution < -0.4 is 0 Å². The fourth-order valence-corrected chi connectivity index (χ4v) is 2.65. The quantitative estimate of drug-likeness (QED) is 0.544. The molecular formula is C8H14O5S. The van der Waals surface area contributed by atoms with Gasteiger partial charge in [-0.3, -0.25) is 9.35 Å². The molecule has 0 amide bonds. The van der Waals surface area contributed by atoms with E-state index in [9.17, 15) is 13.2 Å². The van der Waals surface area contributed by atoms with E-state index in [1.54, 1.807) is 0 Å². The zero-order valence-electron chi connectivity index (χ0n) is 8.02. The molecule has 1 fully saturated rings. The highest BCUT2D eigenvalue weighted by Crippen LogP contribution is 2.49. The summed E-state index contributed by atoms with van der Waals surface area (Å²) in [4.78, 5) is 10.4. The van der Waals surface area contributed by atoms with Crippen LogP contribution in [0.2, 0.25) is 0 Å². The van der Waals surface area contributed by atoms with Crippen molar-refractivity contribution < 1.29 is 22.5 Å². The summed E-state index contributed by atoms with van der Waals surface area (Å²) in [5.41, 5.74) is -0.344. The lowest BCUT2D eigenvalue weighted by atomic mass is 10.1. The van der Waals surface area contributed by atoms with E-state index in [2.05, 4.69) is 0 Å². The maximum atomic E-state index is 10.6. The molecule has 0 aromatic carbocycles. The van der Waals surface area contributed by atoms with Crippen LogP contribution in [-0.4, -0.2) is 31.3 Å². The van der Waals surface area contributed by atoms with Crippen molar-refractivity contribution in [2.75, 3.05) is 12.4 Å². The van der Waals surface area contributed by atoms with E-state index in [1.807, 2.05) is 0 Å². The SMILES string of the molecule is CC(=O)OCCC1(CS(=O)(=O)O)CC1. The van der Waals surface area contributed by atoms with Gasteiger partial charge in [0.15, 0.2) is 0 Å². The molecule has 0 atom stereocenters. The molecule has 5 nitrogen and oxygen atoms in total. The third kappa shape index (κ3) is 4.06. The summed E-state index contributed by atoms with van der Waals surface area (Å²) in [6.45, 7) is 1.53. The zero-order valence-corrected chi connectivity index (χ0v) is 8.84. The van der Waals surface area contributed by atoms with Crippen LogP contribution in [0.25, 0.3) is 0 Å². The smallest absolute Gasteiger partial charge is 0.302 e. The van der Waals surface area contributed by atoms with Crippen molar-refractivity contribution in [1.82, 2.24) is 0 Å². The average molecular weight is 222 g/mol. The molecule has 0 aliphatic heterocycles. The van der Waals surface area contributed by atoms with Gasteiger partial charge in [0.2, 0.25) is 0 Å². The van der Waals surface area contributed by atoms with E-state index in [4.69, 9.17) is 9.29 Å². The summed E-state index contributed by atoms with van der Waals surface area (Å²) >= 11 is 0. The molecule has 1 rings (SSSR count). The molecule has 1 N–H and O–H groups in total. The van der Waals surface area contributed by atoms with Crippen molar-refractivity contribution in [2.45, 2.75) is 26.2 Å². The molecule has 0 radical (unpaired) electrons. The van der Waals surface area contributed by atoms with Gasteiger partial charge in [0, 0.05) is 6.92 Å². The highest BCUT2D eigenvalue weighted by molar-refractivity contribution is 7.85. The lowest BCUT2D eigenvalue weighted by Gasteiger charge is -2.12. The van der Waals surface area contributed by atoms with Gasteiger partial charge in [-0.15, -0.1) is 0 Å². The number of carbonyl (C=O) groups excluding carboxylic acids is 1.